The summed E-state index contributed by atoms with van der Waals surface area (Å²) in [5.41, 5.74) is 1.57. The molecule has 0 N–H and O–H groups in total. The lowest BCUT2D eigenvalue weighted by atomic mass is 10.1. The van der Waals surface area contributed by atoms with Crippen LogP contribution in [-0.4, -0.2) is 5.16 Å². The third-order valence-electron chi connectivity index (χ3n) is 2.47. The first-order valence-corrected chi connectivity index (χ1v) is 4.95. The molecule has 0 unspecified atom stereocenters. The van der Waals surface area contributed by atoms with Gasteiger partial charge < -0.3 is 4.52 Å². The van der Waals surface area contributed by atoms with E-state index in [-0.39, 0.29) is 5.82 Å². The Morgan fingerprint density at radius 2 is 1.81 bits per heavy atom. The third kappa shape index (κ3) is 1.37. The van der Waals surface area contributed by atoms with Crippen LogP contribution in [0.5, 0.6) is 0 Å². The van der Waals surface area contributed by atoms with Crippen molar-refractivity contribution in [3.05, 3.63) is 54.3 Å². The van der Waals surface area contributed by atoms with Crippen LogP contribution < -0.4 is 0 Å². The first-order valence-electron chi connectivity index (χ1n) is 4.95. The maximum atomic E-state index is 13.1. The van der Waals surface area contributed by atoms with Crippen molar-refractivity contribution in [2.75, 3.05) is 0 Å². The first kappa shape index (κ1) is 9.09. The van der Waals surface area contributed by atoms with Crippen molar-refractivity contribution in [3.8, 4) is 11.3 Å². The van der Waals surface area contributed by atoms with E-state index in [1.54, 1.807) is 6.07 Å². The van der Waals surface area contributed by atoms with Gasteiger partial charge in [0, 0.05) is 5.56 Å². The fraction of sp³-hybridized carbons (Fsp3) is 0. The van der Waals surface area contributed by atoms with Crippen LogP contribution in [0.4, 0.5) is 4.39 Å². The Balaban J connectivity index is 2.29. The average molecular weight is 213 g/mol. The second-order valence-corrected chi connectivity index (χ2v) is 3.54. The predicted molar refractivity (Wildman–Crippen MR) is 59.4 cm³/mol. The molecule has 0 radical (unpaired) electrons. The van der Waals surface area contributed by atoms with E-state index in [9.17, 15) is 4.39 Å². The van der Waals surface area contributed by atoms with Gasteiger partial charge in [-0.3, -0.25) is 0 Å². The Morgan fingerprint density at radius 3 is 2.62 bits per heavy atom. The van der Waals surface area contributed by atoms with Crippen LogP contribution in [0.25, 0.3) is 22.2 Å². The molecule has 1 aromatic heterocycles. The van der Waals surface area contributed by atoms with E-state index in [1.807, 2.05) is 30.3 Å². The van der Waals surface area contributed by atoms with Gasteiger partial charge in [0.25, 0.3) is 0 Å². The van der Waals surface area contributed by atoms with Crippen molar-refractivity contribution in [1.29, 1.82) is 0 Å². The van der Waals surface area contributed by atoms with Gasteiger partial charge in [0.15, 0.2) is 5.76 Å². The lowest BCUT2D eigenvalue weighted by molar-refractivity contribution is 0.441. The summed E-state index contributed by atoms with van der Waals surface area (Å²) >= 11 is 0. The fourth-order valence-corrected chi connectivity index (χ4v) is 1.71. The Labute approximate surface area is 91.3 Å². The van der Waals surface area contributed by atoms with Gasteiger partial charge in [-0.1, -0.05) is 35.5 Å². The molecule has 78 valence electrons. The van der Waals surface area contributed by atoms with Crippen molar-refractivity contribution >= 4 is 10.9 Å². The van der Waals surface area contributed by atoms with Crippen LogP contribution in [0.2, 0.25) is 0 Å². The SMILES string of the molecule is Fc1ccc2noc(-c3ccccc3)c2c1. The maximum absolute atomic E-state index is 13.1. The van der Waals surface area contributed by atoms with Crippen LogP contribution >= 0.6 is 0 Å². The van der Waals surface area contributed by atoms with Gasteiger partial charge in [0.1, 0.15) is 11.3 Å². The van der Waals surface area contributed by atoms with Crippen LogP contribution in [-0.2, 0) is 0 Å². The Morgan fingerprint density at radius 1 is 1.00 bits per heavy atom. The van der Waals surface area contributed by atoms with Crippen LogP contribution in [0, 0.1) is 5.82 Å². The van der Waals surface area contributed by atoms with E-state index >= 15 is 0 Å². The summed E-state index contributed by atoms with van der Waals surface area (Å²) in [6, 6.07) is 14.0. The fourth-order valence-electron chi connectivity index (χ4n) is 1.71. The van der Waals surface area contributed by atoms with Gasteiger partial charge in [0.05, 0.1) is 5.39 Å². The van der Waals surface area contributed by atoms with Crippen molar-refractivity contribution in [2.45, 2.75) is 0 Å². The average Bonchev–Trinajstić information content (AvgIpc) is 2.73. The normalized spacial score (nSPS) is 10.8. The number of hydrogen-bond acceptors (Lipinski definition) is 2. The molecule has 3 rings (SSSR count). The minimum absolute atomic E-state index is 0.284. The molecule has 0 atom stereocenters. The van der Waals surface area contributed by atoms with Gasteiger partial charge >= 0.3 is 0 Å². The monoisotopic (exact) mass is 213 g/mol. The van der Waals surface area contributed by atoms with Crippen LogP contribution in [0.1, 0.15) is 0 Å². The van der Waals surface area contributed by atoms with Gasteiger partial charge in [0.2, 0.25) is 0 Å². The topological polar surface area (TPSA) is 26.0 Å². The van der Waals surface area contributed by atoms with Crippen molar-refractivity contribution in [2.24, 2.45) is 0 Å². The Kier molecular flexibility index (Phi) is 1.96. The highest BCUT2D eigenvalue weighted by atomic mass is 19.1. The zero-order valence-corrected chi connectivity index (χ0v) is 8.35. The molecule has 16 heavy (non-hydrogen) atoms. The van der Waals surface area contributed by atoms with Gasteiger partial charge in [-0.15, -0.1) is 0 Å². The molecule has 0 aliphatic carbocycles. The molecule has 3 aromatic rings. The molecule has 2 aromatic carbocycles. The van der Waals surface area contributed by atoms with Gasteiger partial charge in [-0.25, -0.2) is 4.39 Å². The van der Waals surface area contributed by atoms with Gasteiger partial charge in [-0.2, -0.15) is 0 Å². The van der Waals surface area contributed by atoms with Crippen LogP contribution in [0.3, 0.4) is 0 Å². The van der Waals surface area contributed by atoms with Gasteiger partial charge in [-0.05, 0) is 18.2 Å². The second kappa shape index (κ2) is 3.45. The molecule has 3 heteroatoms. The molecular formula is C13H8FNO. The number of benzene rings is 2. The lowest BCUT2D eigenvalue weighted by Gasteiger charge is -1.95. The molecule has 0 bridgehead atoms. The molecule has 0 spiro atoms. The summed E-state index contributed by atoms with van der Waals surface area (Å²) in [6.07, 6.45) is 0. The first-order chi connectivity index (χ1) is 7.84. The molecule has 0 amide bonds. The summed E-state index contributed by atoms with van der Waals surface area (Å²) in [5.74, 6) is 0.322. The van der Waals surface area contributed by atoms with E-state index in [4.69, 9.17) is 4.52 Å². The Hall–Kier alpha value is -2.16. The molecule has 1 heterocycles. The molecule has 0 aliphatic heterocycles. The summed E-state index contributed by atoms with van der Waals surface area (Å²) in [6.45, 7) is 0. The highest BCUT2D eigenvalue weighted by Gasteiger charge is 2.10. The molecule has 0 fully saturated rings. The van der Waals surface area contributed by atoms with Crippen LogP contribution in [0.15, 0.2) is 53.1 Å². The Bertz CT molecular complexity index is 631. The largest absolute Gasteiger partial charge is 0.355 e. The zero-order chi connectivity index (χ0) is 11.0. The van der Waals surface area contributed by atoms with Crippen molar-refractivity contribution < 1.29 is 8.91 Å². The van der Waals surface area contributed by atoms with E-state index in [0.29, 0.717) is 16.7 Å². The number of halogens is 1. The number of aromatic nitrogens is 1. The molecule has 0 saturated carbocycles. The minimum atomic E-state index is -0.284. The highest BCUT2D eigenvalue weighted by Crippen LogP contribution is 2.28. The van der Waals surface area contributed by atoms with Crippen molar-refractivity contribution in [1.82, 2.24) is 5.16 Å². The quantitative estimate of drug-likeness (QED) is 0.616. The molecule has 2 nitrogen and oxygen atoms in total. The number of fused-ring (bicyclic) bond motifs is 1. The van der Waals surface area contributed by atoms with Crippen molar-refractivity contribution in [3.63, 3.8) is 0 Å². The number of rotatable bonds is 1. The summed E-state index contributed by atoms with van der Waals surface area (Å²) in [5, 5.41) is 4.59. The minimum Gasteiger partial charge on any atom is -0.355 e. The summed E-state index contributed by atoms with van der Waals surface area (Å²) in [4.78, 5) is 0. The summed E-state index contributed by atoms with van der Waals surface area (Å²) < 4.78 is 18.4. The maximum Gasteiger partial charge on any atom is 0.174 e. The predicted octanol–water partition coefficient (Wildman–Crippen LogP) is 3.63. The van der Waals surface area contributed by atoms with E-state index in [1.165, 1.54) is 12.1 Å². The number of hydrogen-bond donors (Lipinski definition) is 0. The second-order valence-electron chi connectivity index (χ2n) is 3.54. The molecular weight excluding hydrogens is 205 g/mol. The number of nitrogens with zero attached hydrogens (tertiary/aromatic N) is 1. The van der Waals surface area contributed by atoms with E-state index < -0.39 is 0 Å². The van der Waals surface area contributed by atoms with E-state index in [2.05, 4.69) is 5.16 Å². The van der Waals surface area contributed by atoms with E-state index in [0.717, 1.165) is 5.56 Å². The molecule has 0 aliphatic rings. The summed E-state index contributed by atoms with van der Waals surface area (Å²) in [7, 11) is 0. The standard InChI is InChI=1S/C13H8FNO/c14-10-6-7-12-11(8-10)13(16-15-12)9-4-2-1-3-5-9/h1-8H. The lowest BCUT2D eigenvalue weighted by Crippen LogP contribution is -1.76. The zero-order valence-electron chi connectivity index (χ0n) is 8.35. The highest BCUT2D eigenvalue weighted by molar-refractivity contribution is 5.91. The smallest absolute Gasteiger partial charge is 0.174 e. The molecule has 0 saturated heterocycles. The third-order valence-corrected chi connectivity index (χ3v) is 2.47.